The standard InChI is InChI=1S/C11H11F3N2O5/c12-11(13,14)6-15(3-4-17)9-2-1-7(16(20)21)5-8(9)10(18)19/h1-2,5,17H,3-4,6H2,(H,18,19). The molecule has 0 bridgehead atoms. The van der Waals surface area contributed by atoms with Crippen LogP contribution in [0, 0.1) is 10.1 Å². The molecule has 2 N–H and O–H groups in total. The number of nitrogens with zero attached hydrogens (tertiary/aromatic N) is 2. The molecule has 7 nitrogen and oxygen atoms in total. The maximum atomic E-state index is 12.5. The van der Waals surface area contributed by atoms with Crippen LogP contribution in [0.15, 0.2) is 18.2 Å². The number of aliphatic hydroxyl groups excluding tert-OH is 1. The number of carboxylic acids is 1. The zero-order chi connectivity index (χ0) is 16.2. The SMILES string of the molecule is O=C(O)c1cc([N+](=O)[O-])ccc1N(CCO)CC(F)(F)F. The van der Waals surface area contributed by atoms with Crippen molar-refractivity contribution in [1.82, 2.24) is 0 Å². The molecule has 0 amide bonds. The van der Waals surface area contributed by atoms with Crippen molar-refractivity contribution >= 4 is 17.3 Å². The van der Waals surface area contributed by atoms with Crippen molar-refractivity contribution in [2.75, 3.05) is 24.6 Å². The van der Waals surface area contributed by atoms with Gasteiger partial charge in [0.25, 0.3) is 5.69 Å². The second kappa shape index (κ2) is 6.39. The number of aromatic carboxylic acids is 1. The molecule has 1 aromatic carbocycles. The van der Waals surface area contributed by atoms with Gasteiger partial charge in [0.2, 0.25) is 0 Å². The summed E-state index contributed by atoms with van der Waals surface area (Å²) in [5.41, 5.74) is -1.53. The van der Waals surface area contributed by atoms with Gasteiger partial charge in [-0.15, -0.1) is 0 Å². The van der Waals surface area contributed by atoms with E-state index >= 15 is 0 Å². The molecule has 10 heteroatoms. The van der Waals surface area contributed by atoms with Gasteiger partial charge >= 0.3 is 12.1 Å². The molecule has 0 unspecified atom stereocenters. The Morgan fingerprint density at radius 2 is 2.00 bits per heavy atom. The number of anilines is 1. The summed E-state index contributed by atoms with van der Waals surface area (Å²) in [6.45, 7) is -2.57. The minimum absolute atomic E-state index is 0.348. The van der Waals surface area contributed by atoms with Gasteiger partial charge in [-0.2, -0.15) is 13.2 Å². The van der Waals surface area contributed by atoms with Crippen LogP contribution in [0.1, 0.15) is 10.4 Å². The second-order valence-electron chi connectivity index (χ2n) is 4.02. The lowest BCUT2D eigenvalue weighted by molar-refractivity contribution is -0.384. The molecule has 0 saturated heterocycles. The summed E-state index contributed by atoms with van der Waals surface area (Å²) in [6, 6.07) is 2.50. The Labute approximate surface area is 116 Å². The number of hydrogen-bond acceptors (Lipinski definition) is 5. The number of alkyl halides is 3. The summed E-state index contributed by atoms with van der Waals surface area (Å²) in [5.74, 6) is -1.60. The first-order valence-electron chi connectivity index (χ1n) is 5.60. The van der Waals surface area contributed by atoms with Gasteiger partial charge in [-0.25, -0.2) is 4.79 Å². The number of carboxylic acid groups (broad SMARTS) is 1. The highest BCUT2D eigenvalue weighted by molar-refractivity contribution is 5.95. The summed E-state index contributed by atoms with van der Waals surface area (Å²) < 4.78 is 37.4. The first-order chi connectivity index (χ1) is 9.65. The molecule has 0 heterocycles. The fourth-order valence-electron chi connectivity index (χ4n) is 1.71. The Hall–Kier alpha value is -2.36. The Balaban J connectivity index is 3.29. The number of halogens is 3. The molecule has 1 rings (SSSR count). The van der Waals surface area contributed by atoms with E-state index in [2.05, 4.69) is 0 Å². The molecule has 0 aliphatic heterocycles. The van der Waals surface area contributed by atoms with E-state index in [1.165, 1.54) is 0 Å². The summed E-state index contributed by atoms with van der Waals surface area (Å²) in [7, 11) is 0. The van der Waals surface area contributed by atoms with Crippen molar-refractivity contribution in [2.24, 2.45) is 0 Å². The number of hydrogen-bond donors (Lipinski definition) is 2. The number of nitro benzene ring substituents is 1. The molecule has 0 atom stereocenters. The fourth-order valence-corrected chi connectivity index (χ4v) is 1.71. The monoisotopic (exact) mass is 308 g/mol. The topological polar surface area (TPSA) is 104 Å². The van der Waals surface area contributed by atoms with Gasteiger partial charge in [0, 0.05) is 18.7 Å². The lowest BCUT2D eigenvalue weighted by Crippen LogP contribution is -2.37. The minimum atomic E-state index is -4.62. The fraction of sp³-hybridized carbons (Fsp3) is 0.364. The van der Waals surface area contributed by atoms with E-state index in [-0.39, 0.29) is 5.69 Å². The highest BCUT2D eigenvalue weighted by Gasteiger charge is 2.32. The maximum absolute atomic E-state index is 12.5. The second-order valence-corrected chi connectivity index (χ2v) is 4.02. The number of nitro groups is 1. The van der Waals surface area contributed by atoms with Gasteiger partial charge in [-0.1, -0.05) is 0 Å². The van der Waals surface area contributed by atoms with Gasteiger partial charge < -0.3 is 15.1 Å². The molecule has 0 aromatic heterocycles. The molecule has 1 aromatic rings. The first kappa shape index (κ1) is 16.7. The van der Waals surface area contributed by atoms with Crippen molar-refractivity contribution in [1.29, 1.82) is 0 Å². The smallest absolute Gasteiger partial charge is 0.405 e. The molecule has 21 heavy (non-hydrogen) atoms. The number of benzene rings is 1. The highest BCUT2D eigenvalue weighted by atomic mass is 19.4. The van der Waals surface area contributed by atoms with E-state index in [0.717, 1.165) is 12.1 Å². The van der Waals surface area contributed by atoms with E-state index in [1.807, 2.05) is 0 Å². The lowest BCUT2D eigenvalue weighted by Gasteiger charge is -2.26. The van der Waals surface area contributed by atoms with E-state index in [1.54, 1.807) is 0 Å². The quantitative estimate of drug-likeness (QED) is 0.612. The zero-order valence-corrected chi connectivity index (χ0v) is 10.5. The number of aliphatic hydroxyl groups is 1. The summed E-state index contributed by atoms with van der Waals surface area (Å²) in [5, 5.41) is 28.4. The number of rotatable bonds is 6. The number of non-ortho nitro benzene ring substituents is 1. The third kappa shape index (κ3) is 4.60. The molecule has 0 spiro atoms. The predicted octanol–water partition coefficient (Wildman–Crippen LogP) is 1.65. The van der Waals surface area contributed by atoms with Gasteiger partial charge in [0.1, 0.15) is 6.54 Å². The average Bonchev–Trinajstić information content (AvgIpc) is 2.35. The lowest BCUT2D eigenvalue weighted by atomic mass is 10.1. The van der Waals surface area contributed by atoms with Crippen LogP contribution in [-0.2, 0) is 0 Å². The van der Waals surface area contributed by atoms with Crippen LogP contribution in [-0.4, -0.2) is 47.0 Å². The van der Waals surface area contributed by atoms with Crippen LogP contribution in [0.2, 0.25) is 0 Å². The zero-order valence-electron chi connectivity index (χ0n) is 10.5. The Morgan fingerprint density at radius 1 is 1.38 bits per heavy atom. The third-order valence-electron chi connectivity index (χ3n) is 2.50. The van der Waals surface area contributed by atoms with Crippen molar-refractivity contribution in [2.45, 2.75) is 6.18 Å². The van der Waals surface area contributed by atoms with Crippen molar-refractivity contribution in [3.63, 3.8) is 0 Å². The molecule has 0 aliphatic carbocycles. The van der Waals surface area contributed by atoms with Crippen molar-refractivity contribution in [3.8, 4) is 0 Å². The highest BCUT2D eigenvalue weighted by Crippen LogP contribution is 2.28. The summed E-state index contributed by atoms with van der Waals surface area (Å²) in [4.78, 5) is 21.4. The molecular formula is C11H11F3N2O5. The van der Waals surface area contributed by atoms with Crippen LogP contribution in [0.3, 0.4) is 0 Å². The Kier molecular flexibility index (Phi) is 5.08. The van der Waals surface area contributed by atoms with E-state index in [9.17, 15) is 28.1 Å². The normalized spacial score (nSPS) is 11.2. The van der Waals surface area contributed by atoms with Gasteiger partial charge in [-0.05, 0) is 6.07 Å². The van der Waals surface area contributed by atoms with E-state index in [4.69, 9.17) is 10.2 Å². The van der Waals surface area contributed by atoms with Crippen molar-refractivity contribution < 1.29 is 33.1 Å². The van der Waals surface area contributed by atoms with Gasteiger partial charge in [0.15, 0.2) is 0 Å². The Bertz CT molecular complexity index is 547. The molecule has 116 valence electrons. The number of carbonyl (C=O) groups is 1. The van der Waals surface area contributed by atoms with Crippen molar-refractivity contribution in [3.05, 3.63) is 33.9 Å². The Morgan fingerprint density at radius 3 is 2.43 bits per heavy atom. The van der Waals surface area contributed by atoms with E-state index in [0.29, 0.717) is 11.0 Å². The molecule has 0 aliphatic rings. The maximum Gasteiger partial charge on any atom is 0.405 e. The van der Waals surface area contributed by atoms with Crippen LogP contribution in [0.4, 0.5) is 24.5 Å². The summed E-state index contributed by atoms with van der Waals surface area (Å²) in [6.07, 6.45) is -4.62. The van der Waals surface area contributed by atoms with Crippen LogP contribution in [0.5, 0.6) is 0 Å². The average molecular weight is 308 g/mol. The summed E-state index contributed by atoms with van der Waals surface area (Å²) >= 11 is 0. The molecule has 0 saturated carbocycles. The van der Waals surface area contributed by atoms with Gasteiger partial charge in [0.05, 0.1) is 22.8 Å². The molecule has 0 radical (unpaired) electrons. The predicted molar refractivity (Wildman–Crippen MR) is 65.4 cm³/mol. The van der Waals surface area contributed by atoms with E-state index < -0.39 is 48.0 Å². The minimum Gasteiger partial charge on any atom is -0.478 e. The van der Waals surface area contributed by atoms with Crippen LogP contribution < -0.4 is 4.90 Å². The largest absolute Gasteiger partial charge is 0.478 e. The molecule has 0 fully saturated rings. The van der Waals surface area contributed by atoms with Crippen LogP contribution in [0.25, 0.3) is 0 Å². The third-order valence-corrected chi connectivity index (χ3v) is 2.50. The first-order valence-corrected chi connectivity index (χ1v) is 5.60. The van der Waals surface area contributed by atoms with Gasteiger partial charge in [-0.3, -0.25) is 10.1 Å². The molecular weight excluding hydrogens is 297 g/mol. The van der Waals surface area contributed by atoms with Crippen LogP contribution >= 0.6 is 0 Å².